The van der Waals surface area contributed by atoms with Gasteiger partial charge in [-0.2, -0.15) is 0 Å². The first-order valence-electron chi connectivity index (χ1n) is 5.77. The first-order valence-corrected chi connectivity index (χ1v) is 5.77. The predicted octanol–water partition coefficient (Wildman–Crippen LogP) is 1.21. The second-order valence-electron chi connectivity index (χ2n) is 4.68. The van der Waals surface area contributed by atoms with Gasteiger partial charge in [0.05, 0.1) is 0 Å². The van der Waals surface area contributed by atoms with Crippen molar-refractivity contribution < 1.29 is 0 Å². The van der Waals surface area contributed by atoms with Crippen molar-refractivity contribution in [3.05, 3.63) is 24.0 Å². The lowest BCUT2D eigenvalue weighted by Crippen LogP contribution is -2.34. The van der Waals surface area contributed by atoms with Crippen molar-refractivity contribution in [2.45, 2.75) is 25.4 Å². The van der Waals surface area contributed by atoms with E-state index in [4.69, 9.17) is 0 Å². The van der Waals surface area contributed by atoms with E-state index in [0.29, 0.717) is 6.04 Å². The summed E-state index contributed by atoms with van der Waals surface area (Å²) in [5.41, 5.74) is 1.40. The first-order chi connectivity index (χ1) is 7.24. The van der Waals surface area contributed by atoms with Crippen molar-refractivity contribution in [1.82, 2.24) is 14.8 Å². The average molecular weight is 207 g/mol. The van der Waals surface area contributed by atoms with Gasteiger partial charge in [0.15, 0.2) is 0 Å². The molecule has 0 amide bonds. The second-order valence-corrected chi connectivity index (χ2v) is 4.68. The van der Waals surface area contributed by atoms with Crippen LogP contribution in [0.25, 0.3) is 0 Å². The van der Waals surface area contributed by atoms with Gasteiger partial charge in [-0.05, 0) is 38.1 Å². The number of nitrogens with one attached hydrogen (secondary N) is 1. The van der Waals surface area contributed by atoms with Gasteiger partial charge in [-0.25, -0.2) is 0 Å². The highest BCUT2D eigenvalue weighted by atomic mass is 15.1. The molecule has 1 saturated heterocycles. The molecule has 0 aliphatic carbocycles. The molecule has 0 unspecified atom stereocenters. The van der Waals surface area contributed by atoms with Crippen LogP contribution in [0.5, 0.6) is 0 Å². The molecule has 1 aromatic rings. The Labute approximate surface area is 92.1 Å². The number of likely N-dealkylation sites (N-methyl/N-ethyl adjacent to an activating group) is 1. The second kappa shape index (κ2) is 4.81. The zero-order chi connectivity index (χ0) is 10.7. The minimum absolute atomic E-state index is 0.707. The molecule has 1 aromatic heterocycles. The molecule has 15 heavy (non-hydrogen) atoms. The Bertz CT molecular complexity index is 300. The molecule has 3 nitrogen and oxygen atoms in total. The van der Waals surface area contributed by atoms with E-state index in [2.05, 4.69) is 47.3 Å². The molecule has 1 aliphatic rings. The number of aromatic nitrogens is 1. The summed E-state index contributed by atoms with van der Waals surface area (Å²) >= 11 is 0. The van der Waals surface area contributed by atoms with Crippen molar-refractivity contribution in [3.63, 3.8) is 0 Å². The zero-order valence-electron chi connectivity index (χ0n) is 9.74. The molecule has 0 radical (unpaired) electrons. The number of nitrogens with zero attached hydrogens (tertiary/aromatic N) is 2. The maximum Gasteiger partial charge on any atom is 0.0246 e. The number of rotatable bonds is 4. The van der Waals surface area contributed by atoms with Crippen LogP contribution in [0.2, 0.25) is 0 Å². The monoisotopic (exact) mass is 207 g/mol. The third-order valence-corrected chi connectivity index (χ3v) is 3.04. The van der Waals surface area contributed by atoms with E-state index < -0.39 is 0 Å². The fourth-order valence-electron chi connectivity index (χ4n) is 2.32. The van der Waals surface area contributed by atoms with E-state index in [1.54, 1.807) is 0 Å². The van der Waals surface area contributed by atoms with Gasteiger partial charge in [0.2, 0.25) is 0 Å². The molecule has 0 spiro atoms. The van der Waals surface area contributed by atoms with Crippen LogP contribution in [0.15, 0.2) is 18.5 Å². The van der Waals surface area contributed by atoms with Gasteiger partial charge in [0.1, 0.15) is 0 Å². The lowest BCUT2D eigenvalue weighted by Gasteiger charge is -2.20. The minimum Gasteiger partial charge on any atom is -0.357 e. The minimum atomic E-state index is 0.707. The van der Waals surface area contributed by atoms with Gasteiger partial charge in [-0.3, -0.25) is 0 Å². The van der Waals surface area contributed by atoms with Crippen molar-refractivity contribution in [1.29, 1.82) is 0 Å². The van der Waals surface area contributed by atoms with Crippen molar-refractivity contribution in [2.24, 2.45) is 7.05 Å². The van der Waals surface area contributed by atoms with Crippen LogP contribution in [0, 0.1) is 0 Å². The molecule has 3 heteroatoms. The molecule has 1 aliphatic heterocycles. The Hall–Kier alpha value is -0.800. The van der Waals surface area contributed by atoms with Gasteiger partial charge in [-0.1, -0.05) is 0 Å². The summed E-state index contributed by atoms with van der Waals surface area (Å²) in [6.45, 7) is 3.41. The van der Waals surface area contributed by atoms with E-state index in [0.717, 1.165) is 13.1 Å². The highest BCUT2D eigenvalue weighted by Gasteiger charge is 2.15. The Morgan fingerprint density at radius 1 is 1.60 bits per heavy atom. The largest absolute Gasteiger partial charge is 0.357 e. The van der Waals surface area contributed by atoms with Crippen molar-refractivity contribution in [3.8, 4) is 0 Å². The smallest absolute Gasteiger partial charge is 0.0246 e. The van der Waals surface area contributed by atoms with Gasteiger partial charge >= 0.3 is 0 Å². The molecule has 1 fully saturated rings. The van der Waals surface area contributed by atoms with Crippen LogP contribution in [-0.2, 0) is 13.6 Å². The van der Waals surface area contributed by atoms with E-state index in [9.17, 15) is 0 Å². The van der Waals surface area contributed by atoms with E-state index >= 15 is 0 Å². The molecule has 1 atom stereocenters. The summed E-state index contributed by atoms with van der Waals surface area (Å²) in [4.78, 5) is 2.40. The Balaban J connectivity index is 1.78. The fourth-order valence-corrected chi connectivity index (χ4v) is 2.32. The maximum absolute atomic E-state index is 3.53. The number of aryl methyl sites for hydroxylation is 1. The Morgan fingerprint density at radius 3 is 3.07 bits per heavy atom. The third-order valence-electron chi connectivity index (χ3n) is 3.04. The number of hydrogen-bond acceptors (Lipinski definition) is 2. The molecule has 0 saturated carbocycles. The van der Waals surface area contributed by atoms with Gasteiger partial charge in [-0.15, -0.1) is 0 Å². The van der Waals surface area contributed by atoms with E-state index in [1.165, 1.54) is 24.9 Å². The molecule has 0 aromatic carbocycles. The summed E-state index contributed by atoms with van der Waals surface area (Å²) in [5.74, 6) is 0. The Kier molecular flexibility index (Phi) is 3.44. The summed E-state index contributed by atoms with van der Waals surface area (Å²) in [5, 5.41) is 3.53. The van der Waals surface area contributed by atoms with E-state index in [-0.39, 0.29) is 0 Å². The molecular formula is C12H21N3. The van der Waals surface area contributed by atoms with Crippen molar-refractivity contribution in [2.75, 3.05) is 20.1 Å². The maximum atomic E-state index is 3.53. The SMILES string of the molecule is CN(Cc1ccn(C)c1)C[C@H]1CCCN1. The highest BCUT2D eigenvalue weighted by molar-refractivity contribution is 5.09. The van der Waals surface area contributed by atoms with Crippen LogP contribution in [0.1, 0.15) is 18.4 Å². The summed E-state index contributed by atoms with van der Waals surface area (Å²) < 4.78 is 2.11. The lowest BCUT2D eigenvalue weighted by molar-refractivity contribution is 0.293. The topological polar surface area (TPSA) is 20.2 Å². The van der Waals surface area contributed by atoms with Gasteiger partial charge in [0, 0.05) is 38.6 Å². The molecular weight excluding hydrogens is 186 g/mol. The zero-order valence-corrected chi connectivity index (χ0v) is 9.74. The molecule has 2 rings (SSSR count). The fraction of sp³-hybridized carbons (Fsp3) is 0.667. The average Bonchev–Trinajstić information content (AvgIpc) is 2.77. The van der Waals surface area contributed by atoms with Gasteiger partial charge < -0.3 is 14.8 Å². The molecule has 1 N–H and O–H groups in total. The molecule has 84 valence electrons. The van der Waals surface area contributed by atoms with Crippen LogP contribution < -0.4 is 5.32 Å². The number of hydrogen-bond donors (Lipinski definition) is 1. The summed E-state index contributed by atoms with van der Waals surface area (Å²) in [6.07, 6.45) is 6.97. The third kappa shape index (κ3) is 3.08. The van der Waals surface area contributed by atoms with Crippen LogP contribution in [0.4, 0.5) is 0 Å². The normalized spacial score (nSPS) is 21.4. The quantitative estimate of drug-likeness (QED) is 0.801. The van der Waals surface area contributed by atoms with Crippen molar-refractivity contribution >= 4 is 0 Å². The molecule has 2 heterocycles. The highest BCUT2D eigenvalue weighted by Crippen LogP contribution is 2.09. The van der Waals surface area contributed by atoms with Gasteiger partial charge in [0.25, 0.3) is 0 Å². The summed E-state index contributed by atoms with van der Waals surface area (Å²) in [6, 6.07) is 2.90. The van der Waals surface area contributed by atoms with Crippen LogP contribution in [-0.4, -0.2) is 35.6 Å². The lowest BCUT2D eigenvalue weighted by atomic mass is 10.2. The summed E-state index contributed by atoms with van der Waals surface area (Å²) in [7, 11) is 4.27. The van der Waals surface area contributed by atoms with E-state index in [1.807, 2.05) is 0 Å². The standard InChI is InChI=1S/C12H21N3/c1-14-7-5-11(8-14)9-15(2)10-12-4-3-6-13-12/h5,7-8,12-13H,3-4,6,9-10H2,1-2H3/t12-/m1/s1. The Morgan fingerprint density at radius 2 is 2.47 bits per heavy atom. The first kappa shape index (κ1) is 10.7. The van der Waals surface area contributed by atoms with Crippen LogP contribution in [0.3, 0.4) is 0 Å². The molecule has 0 bridgehead atoms. The van der Waals surface area contributed by atoms with Crippen LogP contribution >= 0.6 is 0 Å². The predicted molar refractivity (Wildman–Crippen MR) is 62.8 cm³/mol.